The lowest BCUT2D eigenvalue weighted by Crippen LogP contribution is -1.69. The van der Waals surface area contributed by atoms with Gasteiger partial charge in [0.25, 0.3) is 0 Å². The second-order valence-corrected chi connectivity index (χ2v) is 1.69. The number of aldehydes is 1. The van der Waals surface area contributed by atoms with Crippen LogP contribution in [0.15, 0.2) is 12.2 Å². The van der Waals surface area contributed by atoms with Gasteiger partial charge in [-0.05, 0) is 18.9 Å². The molecule has 54 valence electrons. The van der Waals surface area contributed by atoms with E-state index in [4.69, 9.17) is 5.11 Å². The summed E-state index contributed by atoms with van der Waals surface area (Å²) in [7, 11) is 0. The number of carbonyl (C=O) groups excluding carboxylic acids is 1. The fraction of sp³-hybridized carbons (Fsp3) is 0.571. The zero-order chi connectivity index (χ0) is 7.70. The molecule has 0 aliphatic heterocycles. The highest BCUT2D eigenvalue weighted by Crippen LogP contribution is 1.70. The van der Waals surface area contributed by atoms with E-state index in [2.05, 4.69) is 6.58 Å². The van der Waals surface area contributed by atoms with Gasteiger partial charge in [-0.25, -0.2) is 0 Å². The Morgan fingerprint density at radius 3 is 2.00 bits per heavy atom. The van der Waals surface area contributed by atoms with Crippen molar-refractivity contribution in [2.45, 2.75) is 20.3 Å². The summed E-state index contributed by atoms with van der Waals surface area (Å²) in [6, 6.07) is 0. The van der Waals surface area contributed by atoms with E-state index in [1.807, 2.05) is 6.92 Å². The van der Waals surface area contributed by atoms with Crippen molar-refractivity contribution >= 4 is 6.29 Å². The summed E-state index contributed by atoms with van der Waals surface area (Å²) in [4.78, 5) is 9.41. The van der Waals surface area contributed by atoms with E-state index in [1.165, 1.54) is 0 Å². The molecule has 0 aromatic rings. The molecule has 0 aromatic heterocycles. The number of aliphatic hydroxyl groups is 1. The van der Waals surface area contributed by atoms with E-state index in [-0.39, 0.29) is 0 Å². The summed E-state index contributed by atoms with van der Waals surface area (Å²) in [5.41, 5.74) is 0.574. The molecule has 0 fully saturated rings. The standard InChI is InChI=1S/C4H6O.C3H8O/c1-4(2)3-5;1-2-3-4/h3H,1H2,2H3;4H,2-3H2,1H3. The first-order valence-corrected chi connectivity index (χ1v) is 2.90. The van der Waals surface area contributed by atoms with Crippen LogP contribution >= 0.6 is 0 Å². The normalized spacial score (nSPS) is 7.00. The molecule has 0 radical (unpaired) electrons. The molecule has 0 saturated heterocycles. The maximum Gasteiger partial charge on any atom is 0.145 e. The van der Waals surface area contributed by atoms with E-state index < -0.39 is 0 Å². The smallest absolute Gasteiger partial charge is 0.145 e. The molecule has 2 nitrogen and oxygen atoms in total. The van der Waals surface area contributed by atoms with Gasteiger partial charge in [0.15, 0.2) is 0 Å². The van der Waals surface area contributed by atoms with Gasteiger partial charge in [0.2, 0.25) is 0 Å². The third kappa shape index (κ3) is 37.8. The van der Waals surface area contributed by atoms with Gasteiger partial charge in [0, 0.05) is 6.61 Å². The van der Waals surface area contributed by atoms with Crippen LogP contribution in [0.1, 0.15) is 20.3 Å². The molecule has 0 saturated carbocycles. The number of aliphatic hydroxyl groups excluding tert-OH is 1. The van der Waals surface area contributed by atoms with E-state index in [9.17, 15) is 4.79 Å². The number of hydrogen-bond acceptors (Lipinski definition) is 2. The van der Waals surface area contributed by atoms with Crippen LogP contribution in [0.3, 0.4) is 0 Å². The van der Waals surface area contributed by atoms with Crippen molar-refractivity contribution in [2.75, 3.05) is 6.61 Å². The first kappa shape index (κ1) is 11.2. The van der Waals surface area contributed by atoms with Crippen LogP contribution in [0.4, 0.5) is 0 Å². The Hall–Kier alpha value is -0.630. The van der Waals surface area contributed by atoms with Gasteiger partial charge < -0.3 is 5.11 Å². The van der Waals surface area contributed by atoms with Crippen LogP contribution in [0.5, 0.6) is 0 Å². The fourth-order valence-electron chi connectivity index (χ4n) is 0. The molecule has 0 bridgehead atoms. The second kappa shape index (κ2) is 10.4. The molecule has 0 amide bonds. The molecule has 0 aliphatic carbocycles. The Kier molecular flexibility index (Phi) is 12.9. The lowest BCUT2D eigenvalue weighted by molar-refractivity contribution is -0.104. The minimum absolute atomic E-state index is 0.319. The number of rotatable bonds is 2. The molecule has 1 N–H and O–H groups in total. The monoisotopic (exact) mass is 130 g/mol. The summed E-state index contributed by atoms with van der Waals surface area (Å²) in [5, 5.41) is 7.88. The first-order chi connectivity index (χ1) is 4.18. The summed E-state index contributed by atoms with van der Waals surface area (Å²) in [6.45, 7) is 7.22. The topological polar surface area (TPSA) is 37.3 Å². The Balaban J connectivity index is 0. The third-order valence-electron chi connectivity index (χ3n) is 0.425. The average Bonchev–Trinajstić information content (AvgIpc) is 1.89. The van der Waals surface area contributed by atoms with Crippen molar-refractivity contribution < 1.29 is 9.90 Å². The zero-order valence-corrected chi connectivity index (χ0v) is 6.05. The number of hydrogen-bond donors (Lipinski definition) is 1. The molecule has 0 aliphatic rings. The Morgan fingerprint density at radius 2 is 2.00 bits per heavy atom. The zero-order valence-electron chi connectivity index (χ0n) is 6.05. The third-order valence-corrected chi connectivity index (χ3v) is 0.425. The maximum absolute atomic E-state index is 9.41. The summed E-state index contributed by atoms with van der Waals surface area (Å²) in [5.74, 6) is 0. The molecule has 2 heteroatoms. The van der Waals surface area contributed by atoms with Crippen molar-refractivity contribution in [1.82, 2.24) is 0 Å². The predicted octanol–water partition coefficient (Wildman–Crippen LogP) is 1.15. The van der Waals surface area contributed by atoms with Crippen molar-refractivity contribution in [2.24, 2.45) is 0 Å². The maximum atomic E-state index is 9.41. The van der Waals surface area contributed by atoms with Gasteiger partial charge in [0.05, 0.1) is 0 Å². The van der Waals surface area contributed by atoms with Crippen molar-refractivity contribution in [1.29, 1.82) is 0 Å². The second-order valence-electron chi connectivity index (χ2n) is 1.69. The first-order valence-electron chi connectivity index (χ1n) is 2.90. The Morgan fingerprint density at radius 1 is 1.78 bits per heavy atom. The molecular formula is C7H14O2. The largest absolute Gasteiger partial charge is 0.396 e. The highest BCUT2D eigenvalue weighted by molar-refractivity contribution is 5.70. The van der Waals surface area contributed by atoms with Gasteiger partial charge in [-0.2, -0.15) is 0 Å². The van der Waals surface area contributed by atoms with Crippen LogP contribution in [0.2, 0.25) is 0 Å². The summed E-state index contributed by atoms with van der Waals surface area (Å²) >= 11 is 0. The van der Waals surface area contributed by atoms with Crippen LogP contribution in [-0.4, -0.2) is 18.0 Å². The Labute approximate surface area is 56.2 Å². The van der Waals surface area contributed by atoms with Crippen molar-refractivity contribution in [3.63, 3.8) is 0 Å². The molecule has 9 heavy (non-hydrogen) atoms. The van der Waals surface area contributed by atoms with E-state index >= 15 is 0 Å². The predicted molar refractivity (Wildman–Crippen MR) is 38.3 cm³/mol. The summed E-state index contributed by atoms with van der Waals surface area (Å²) in [6.07, 6.45) is 1.60. The molecule has 0 rings (SSSR count). The van der Waals surface area contributed by atoms with Crippen LogP contribution in [-0.2, 0) is 4.79 Å². The lowest BCUT2D eigenvalue weighted by Gasteiger charge is -1.69. The Bertz CT molecular complexity index is 75.0. The van der Waals surface area contributed by atoms with Gasteiger partial charge in [-0.3, -0.25) is 4.79 Å². The highest BCUT2D eigenvalue weighted by Gasteiger charge is 1.66. The highest BCUT2D eigenvalue weighted by atomic mass is 16.2. The number of allylic oxidation sites excluding steroid dienone is 1. The minimum atomic E-state index is 0.319. The minimum Gasteiger partial charge on any atom is -0.396 e. The van der Waals surface area contributed by atoms with Gasteiger partial charge in [0.1, 0.15) is 6.29 Å². The molecule has 0 unspecified atom stereocenters. The van der Waals surface area contributed by atoms with Gasteiger partial charge >= 0.3 is 0 Å². The van der Waals surface area contributed by atoms with Gasteiger partial charge in [-0.15, -0.1) is 0 Å². The lowest BCUT2D eigenvalue weighted by atomic mass is 10.4. The molecular weight excluding hydrogens is 116 g/mol. The van der Waals surface area contributed by atoms with E-state index in [0.29, 0.717) is 12.2 Å². The van der Waals surface area contributed by atoms with E-state index in [1.54, 1.807) is 6.92 Å². The fourth-order valence-corrected chi connectivity index (χ4v) is 0. The van der Waals surface area contributed by atoms with Crippen LogP contribution < -0.4 is 0 Å². The van der Waals surface area contributed by atoms with Crippen molar-refractivity contribution in [3.05, 3.63) is 12.2 Å². The summed E-state index contributed by atoms with van der Waals surface area (Å²) < 4.78 is 0. The molecule has 0 heterocycles. The van der Waals surface area contributed by atoms with E-state index in [0.717, 1.165) is 12.7 Å². The average molecular weight is 130 g/mol. The van der Waals surface area contributed by atoms with Gasteiger partial charge in [-0.1, -0.05) is 13.5 Å². The SMILES string of the molecule is C=C(C)C=O.CCCO. The van der Waals surface area contributed by atoms with Crippen LogP contribution in [0, 0.1) is 0 Å². The molecule has 0 spiro atoms. The quantitative estimate of drug-likeness (QED) is 0.449. The molecule has 0 atom stereocenters. The van der Waals surface area contributed by atoms with Crippen LogP contribution in [0.25, 0.3) is 0 Å². The van der Waals surface area contributed by atoms with Crippen molar-refractivity contribution in [3.8, 4) is 0 Å². The molecule has 0 aromatic carbocycles. The number of carbonyl (C=O) groups is 1.